The van der Waals surface area contributed by atoms with Crippen molar-refractivity contribution in [1.29, 1.82) is 0 Å². The Kier molecular flexibility index (Phi) is 3.40. The molecule has 1 heterocycles. The minimum atomic E-state index is 0.536. The van der Waals surface area contributed by atoms with Gasteiger partial charge in [-0.2, -0.15) is 0 Å². The third-order valence-corrected chi connectivity index (χ3v) is 3.01. The zero-order valence-corrected chi connectivity index (χ0v) is 9.71. The standard InChI is InChI=1S/C12H11NO2S/c1-3-12-13-10-8-9(15-7-6-14-2)4-5-11(10)16-12/h1,4-5,8H,6-7H2,2H3. The Hall–Kier alpha value is -1.57. The number of hydrogen-bond donors (Lipinski definition) is 0. The topological polar surface area (TPSA) is 31.4 Å². The van der Waals surface area contributed by atoms with Gasteiger partial charge in [0, 0.05) is 13.2 Å². The quantitative estimate of drug-likeness (QED) is 0.600. The number of hydrogen-bond acceptors (Lipinski definition) is 4. The molecule has 1 aromatic heterocycles. The maximum Gasteiger partial charge on any atom is 0.167 e. The maximum absolute atomic E-state index is 5.49. The summed E-state index contributed by atoms with van der Waals surface area (Å²) in [5.41, 5.74) is 0.882. The highest BCUT2D eigenvalue weighted by atomic mass is 32.1. The molecule has 0 amide bonds. The first-order chi connectivity index (χ1) is 7.83. The van der Waals surface area contributed by atoms with E-state index in [0.29, 0.717) is 18.2 Å². The lowest BCUT2D eigenvalue weighted by Crippen LogP contribution is -2.03. The molecule has 16 heavy (non-hydrogen) atoms. The summed E-state index contributed by atoms with van der Waals surface area (Å²) in [7, 11) is 1.65. The molecule has 0 N–H and O–H groups in total. The Balaban J connectivity index is 2.19. The number of aromatic nitrogens is 1. The molecule has 0 spiro atoms. The van der Waals surface area contributed by atoms with Gasteiger partial charge in [0.2, 0.25) is 0 Å². The third-order valence-electron chi connectivity index (χ3n) is 2.04. The van der Waals surface area contributed by atoms with Crippen LogP contribution in [0.2, 0.25) is 0 Å². The fraction of sp³-hybridized carbons (Fsp3) is 0.250. The Morgan fingerprint density at radius 2 is 2.31 bits per heavy atom. The van der Waals surface area contributed by atoms with Gasteiger partial charge in [0.25, 0.3) is 0 Å². The predicted molar refractivity (Wildman–Crippen MR) is 64.9 cm³/mol. The lowest BCUT2D eigenvalue weighted by Gasteiger charge is -2.04. The van der Waals surface area contributed by atoms with Crippen molar-refractivity contribution >= 4 is 21.6 Å². The molecule has 0 atom stereocenters. The number of rotatable bonds is 4. The van der Waals surface area contributed by atoms with E-state index in [1.165, 1.54) is 11.3 Å². The highest BCUT2D eigenvalue weighted by Gasteiger charge is 2.03. The average molecular weight is 233 g/mol. The van der Waals surface area contributed by atoms with Gasteiger partial charge in [-0.1, -0.05) is 0 Å². The lowest BCUT2D eigenvalue weighted by atomic mass is 10.3. The first-order valence-corrected chi connectivity index (χ1v) is 5.64. The summed E-state index contributed by atoms with van der Waals surface area (Å²) in [6, 6.07) is 5.77. The highest BCUT2D eigenvalue weighted by molar-refractivity contribution is 7.19. The molecule has 2 rings (SSSR count). The third kappa shape index (κ3) is 2.32. The summed E-state index contributed by atoms with van der Waals surface area (Å²) >= 11 is 1.51. The molecule has 0 bridgehead atoms. The van der Waals surface area contributed by atoms with Crippen LogP contribution in [0.4, 0.5) is 0 Å². The second-order valence-corrected chi connectivity index (χ2v) is 4.16. The maximum atomic E-state index is 5.49. The Labute approximate surface area is 98.0 Å². The summed E-state index contributed by atoms with van der Waals surface area (Å²) in [6.45, 7) is 1.11. The van der Waals surface area contributed by atoms with Gasteiger partial charge in [0.05, 0.1) is 16.8 Å². The first kappa shape index (κ1) is 10.9. The number of ether oxygens (including phenoxy) is 2. The van der Waals surface area contributed by atoms with E-state index < -0.39 is 0 Å². The fourth-order valence-corrected chi connectivity index (χ4v) is 2.06. The zero-order chi connectivity index (χ0) is 11.4. The molecule has 2 aromatic rings. The second-order valence-electron chi connectivity index (χ2n) is 3.13. The largest absolute Gasteiger partial charge is 0.491 e. The van der Waals surface area contributed by atoms with E-state index in [-0.39, 0.29) is 0 Å². The highest BCUT2D eigenvalue weighted by Crippen LogP contribution is 2.25. The number of fused-ring (bicyclic) bond motifs is 1. The first-order valence-electron chi connectivity index (χ1n) is 4.82. The van der Waals surface area contributed by atoms with Crippen molar-refractivity contribution in [2.75, 3.05) is 20.3 Å². The van der Waals surface area contributed by atoms with E-state index in [2.05, 4.69) is 10.9 Å². The summed E-state index contributed by atoms with van der Waals surface area (Å²) in [4.78, 5) is 4.29. The van der Waals surface area contributed by atoms with Crippen molar-refractivity contribution in [1.82, 2.24) is 4.98 Å². The summed E-state index contributed by atoms with van der Waals surface area (Å²) in [5.74, 6) is 3.32. The number of terminal acetylenes is 1. The van der Waals surface area contributed by atoms with Crippen molar-refractivity contribution in [3.63, 3.8) is 0 Å². The van der Waals surface area contributed by atoms with Crippen LogP contribution in [-0.2, 0) is 4.74 Å². The van der Waals surface area contributed by atoms with Gasteiger partial charge >= 0.3 is 0 Å². The van der Waals surface area contributed by atoms with Crippen molar-refractivity contribution in [3.8, 4) is 18.1 Å². The van der Waals surface area contributed by atoms with Crippen LogP contribution in [0.3, 0.4) is 0 Å². The van der Waals surface area contributed by atoms with Gasteiger partial charge in [0.15, 0.2) is 5.01 Å². The molecule has 0 saturated carbocycles. The lowest BCUT2D eigenvalue weighted by molar-refractivity contribution is 0.146. The van der Waals surface area contributed by atoms with E-state index in [0.717, 1.165) is 16.0 Å². The number of methoxy groups -OCH3 is 1. The van der Waals surface area contributed by atoms with Crippen LogP contribution in [0, 0.1) is 12.3 Å². The van der Waals surface area contributed by atoms with Crippen molar-refractivity contribution in [3.05, 3.63) is 23.2 Å². The molecule has 0 radical (unpaired) electrons. The fourth-order valence-electron chi connectivity index (χ4n) is 1.30. The molecule has 1 aromatic carbocycles. The van der Waals surface area contributed by atoms with Gasteiger partial charge in [-0.05, 0) is 18.1 Å². The Morgan fingerprint density at radius 1 is 1.44 bits per heavy atom. The van der Waals surface area contributed by atoms with Crippen LogP contribution in [0.1, 0.15) is 5.01 Å². The van der Waals surface area contributed by atoms with E-state index >= 15 is 0 Å². The molecule has 0 aliphatic rings. The summed E-state index contributed by atoms with van der Waals surface area (Å²) < 4.78 is 11.5. The monoisotopic (exact) mass is 233 g/mol. The molecular formula is C12H11NO2S. The second kappa shape index (κ2) is 4.97. The molecule has 0 aliphatic heterocycles. The minimum Gasteiger partial charge on any atom is -0.491 e. The molecule has 4 heteroatoms. The Bertz CT molecular complexity index is 527. The van der Waals surface area contributed by atoms with Crippen LogP contribution in [0.15, 0.2) is 18.2 Å². The van der Waals surface area contributed by atoms with Gasteiger partial charge in [-0.15, -0.1) is 17.8 Å². The zero-order valence-electron chi connectivity index (χ0n) is 8.90. The molecule has 3 nitrogen and oxygen atoms in total. The minimum absolute atomic E-state index is 0.536. The molecule has 0 unspecified atom stereocenters. The number of thiazole rings is 1. The molecule has 0 aliphatic carbocycles. The molecule has 0 saturated heterocycles. The van der Waals surface area contributed by atoms with Crippen LogP contribution < -0.4 is 4.74 Å². The van der Waals surface area contributed by atoms with Crippen molar-refractivity contribution in [2.24, 2.45) is 0 Å². The number of nitrogens with zero attached hydrogens (tertiary/aromatic N) is 1. The Morgan fingerprint density at radius 3 is 3.06 bits per heavy atom. The van der Waals surface area contributed by atoms with Crippen LogP contribution in [0.25, 0.3) is 10.2 Å². The van der Waals surface area contributed by atoms with Crippen LogP contribution in [0.5, 0.6) is 5.75 Å². The van der Waals surface area contributed by atoms with Gasteiger partial charge in [-0.25, -0.2) is 4.98 Å². The van der Waals surface area contributed by atoms with E-state index in [4.69, 9.17) is 15.9 Å². The molecule has 82 valence electrons. The molecule has 0 fully saturated rings. The summed E-state index contributed by atoms with van der Waals surface area (Å²) in [6.07, 6.45) is 5.30. The SMILES string of the molecule is C#Cc1nc2cc(OCCOC)ccc2s1. The smallest absolute Gasteiger partial charge is 0.167 e. The average Bonchev–Trinajstić information content (AvgIpc) is 2.71. The van der Waals surface area contributed by atoms with E-state index in [9.17, 15) is 0 Å². The van der Waals surface area contributed by atoms with Crippen LogP contribution >= 0.6 is 11.3 Å². The van der Waals surface area contributed by atoms with Crippen molar-refractivity contribution < 1.29 is 9.47 Å². The van der Waals surface area contributed by atoms with E-state index in [1.54, 1.807) is 7.11 Å². The van der Waals surface area contributed by atoms with E-state index in [1.807, 2.05) is 18.2 Å². The summed E-state index contributed by atoms with van der Waals surface area (Å²) in [5, 5.41) is 0.698. The normalized spacial score (nSPS) is 10.2. The number of benzene rings is 1. The predicted octanol–water partition coefficient (Wildman–Crippen LogP) is 2.30. The molecular weight excluding hydrogens is 222 g/mol. The van der Waals surface area contributed by atoms with Gasteiger partial charge in [0.1, 0.15) is 12.4 Å². The van der Waals surface area contributed by atoms with Crippen LogP contribution in [-0.4, -0.2) is 25.3 Å². The van der Waals surface area contributed by atoms with Crippen molar-refractivity contribution in [2.45, 2.75) is 0 Å². The van der Waals surface area contributed by atoms with Gasteiger partial charge in [-0.3, -0.25) is 0 Å². The van der Waals surface area contributed by atoms with Gasteiger partial charge < -0.3 is 9.47 Å².